The molecule has 0 bridgehead atoms. The van der Waals surface area contributed by atoms with Gasteiger partial charge in [0, 0.05) is 18.2 Å². The lowest BCUT2D eigenvalue weighted by Crippen LogP contribution is -2.31. The van der Waals surface area contributed by atoms with Crippen LogP contribution in [0.15, 0.2) is 81.3 Å². The highest BCUT2D eigenvalue weighted by atomic mass is 32.2. The number of carbonyl (C=O) groups is 2. The van der Waals surface area contributed by atoms with Crippen LogP contribution in [0.3, 0.4) is 0 Å². The lowest BCUT2D eigenvalue weighted by molar-refractivity contribution is -0.118. The Morgan fingerprint density at radius 3 is 2.59 bits per heavy atom. The first-order valence-electron chi connectivity index (χ1n) is 13.4. The molecule has 0 saturated heterocycles. The number of hydrogen-bond acceptors (Lipinski definition) is 6. The van der Waals surface area contributed by atoms with Crippen LogP contribution >= 0.6 is 11.8 Å². The van der Waals surface area contributed by atoms with Crippen molar-refractivity contribution in [2.75, 3.05) is 12.3 Å². The highest BCUT2D eigenvalue weighted by molar-refractivity contribution is 7.99. The molecule has 1 saturated carbocycles. The molecular weight excluding hydrogens is 512 g/mol. The van der Waals surface area contributed by atoms with Gasteiger partial charge in [0.05, 0.1) is 29.5 Å². The summed E-state index contributed by atoms with van der Waals surface area (Å²) in [6.07, 6.45) is 7.43. The number of fused-ring (bicyclic) bond motifs is 1. The highest BCUT2D eigenvalue weighted by Gasteiger charge is 2.23. The maximum absolute atomic E-state index is 13.7. The average molecular weight is 545 g/mol. The lowest BCUT2D eigenvalue weighted by Gasteiger charge is -2.26. The second kappa shape index (κ2) is 12.8. The molecule has 4 aromatic rings. The molecule has 1 aliphatic carbocycles. The van der Waals surface area contributed by atoms with E-state index in [0.717, 1.165) is 44.1 Å². The molecule has 2 heterocycles. The third-order valence-corrected chi connectivity index (χ3v) is 7.94. The van der Waals surface area contributed by atoms with Gasteiger partial charge in [-0.05, 0) is 55.2 Å². The quantitative estimate of drug-likeness (QED) is 0.218. The predicted octanol–water partition coefficient (Wildman–Crippen LogP) is 4.88. The Kier molecular flexibility index (Phi) is 8.78. The van der Waals surface area contributed by atoms with Gasteiger partial charge in [0.25, 0.3) is 11.5 Å². The number of rotatable bonds is 10. The topological polar surface area (TPSA) is 106 Å². The van der Waals surface area contributed by atoms with Gasteiger partial charge >= 0.3 is 0 Å². The van der Waals surface area contributed by atoms with E-state index in [1.807, 2.05) is 30.3 Å². The standard InChI is InChI=1S/C30H32N4O4S/c35-27(31-16-15-21-8-3-1-4-9-21)20-39-30-33-26-18-22(28(36)32-19-24-12-7-17-38-24)13-14-25(26)29(37)34(30)23-10-5-2-6-11-23/h1,3-4,7-9,12-14,17-18,23H,2,5-6,10-11,15-16,19-20H2,(H,31,35)(H,32,36). The van der Waals surface area contributed by atoms with E-state index in [-0.39, 0.29) is 35.7 Å². The summed E-state index contributed by atoms with van der Waals surface area (Å²) in [4.78, 5) is 43.9. The Labute approximate surface area is 231 Å². The Balaban J connectivity index is 1.34. The molecule has 8 nitrogen and oxygen atoms in total. The van der Waals surface area contributed by atoms with Crippen LogP contribution in [0, 0.1) is 0 Å². The van der Waals surface area contributed by atoms with Crippen LogP contribution in [0.2, 0.25) is 0 Å². The zero-order valence-corrected chi connectivity index (χ0v) is 22.5. The number of furan rings is 1. The van der Waals surface area contributed by atoms with Gasteiger partial charge in [-0.15, -0.1) is 0 Å². The molecule has 1 fully saturated rings. The molecule has 0 spiro atoms. The number of aromatic nitrogens is 2. The number of thioether (sulfide) groups is 1. The van der Waals surface area contributed by atoms with Crippen molar-refractivity contribution in [3.05, 3.63) is 94.2 Å². The number of hydrogen-bond donors (Lipinski definition) is 2. The van der Waals surface area contributed by atoms with Crippen LogP contribution in [-0.4, -0.2) is 33.7 Å². The molecule has 0 radical (unpaired) electrons. The van der Waals surface area contributed by atoms with Gasteiger partial charge in [0.2, 0.25) is 5.91 Å². The molecule has 5 rings (SSSR count). The van der Waals surface area contributed by atoms with Gasteiger partial charge in [-0.3, -0.25) is 19.0 Å². The SMILES string of the molecule is O=C(CSc1nc2cc(C(=O)NCc3ccco3)ccc2c(=O)n1C1CCCCC1)NCCc1ccccc1. The molecule has 2 aromatic heterocycles. The van der Waals surface area contributed by atoms with Crippen molar-refractivity contribution in [2.45, 2.75) is 56.3 Å². The van der Waals surface area contributed by atoms with Crippen molar-refractivity contribution in [1.82, 2.24) is 20.2 Å². The molecule has 1 aliphatic rings. The van der Waals surface area contributed by atoms with E-state index in [1.54, 1.807) is 41.2 Å². The molecule has 9 heteroatoms. The minimum absolute atomic E-state index is 0.0584. The van der Waals surface area contributed by atoms with Crippen molar-refractivity contribution < 1.29 is 14.0 Å². The van der Waals surface area contributed by atoms with Gasteiger partial charge in [-0.1, -0.05) is 61.4 Å². The maximum atomic E-state index is 13.7. The van der Waals surface area contributed by atoms with E-state index in [9.17, 15) is 14.4 Å². The molecule has 2 N–H and O–H groups in total. The summed E-state index contributed by atoms with van der Waals surface area (Å²) in [5, 5.41) is 6.79. The summed E-state index contributed by atoms with van der Waals surface area (Å²) >= 11 is 1.27. The van der Waals surface area contributed by atoms with Gasteiger partial charge in [-0.25, -0.2) is 4.98 Å². The fourth-order valence-corrected chi connectivity index (χ4v) is 5.83. The molecule has 2 aromatic carbocycles. The first kappa shape index (κ1) is 26.7. The number of benzene rings is 2. The average Bonchev–Trinajstić information content (AvgIpc) is 3.49. The van der Waals surface area contributed by atoms with Crippen LogP contribution in [0.4, 0.5) is 0 Å². The zero-order chi connectivity index (χ0) is 27.0. The number of carbonyl (C=O) groups excluding carboxylic acids is 2. The van der Waals surface area contributed by atoms with Gasteiger partial charge < -0.3 is 15.1 Å². The van der Waals surface area contributed by atoms with Gasteiger partial charge in [-0.2, -0.15) is 0 Å². The predicted molar refractivity (Wildman–Crippen MR) is 152 cm³/mol. The van der Waals surface area contributed by atoms with Crippen molar-refractivity contribution in [2.24, 2.45) is 0 Å². The molecular formula is C30H32N4O4S. The fourth-order valence-electron chi connectivity index (χ4n) is 4.94. The minimum atomic E-state index is -0.279. The van der Waals surface area contributed by atoms with E-state index in [2.05, 4.69) is 10.6 Å². The van der Waals surface area contributed by atoms with E-state index in [4.69, 9.17) is 9.40 Å². The zero-order valence-electron chi connectivity index (χ0n) is 21.7. The van der Waals surface area contributed by atoms with Crippen LogP contribution in [-0.2, 0) is 17.8 Å². The van der Waals surface area contributed by atoms with Gasteiger partial charge in [0.1, 0.15) is 5.76 Å². The highest BCUT2D eigenvalue weighted by Crippen LogP contribution is 2.31. The second-order valence-corrected chi connectivity index (χ2v) is 10.7. The Bertz CT molecular complexity index is 1480. The summed E-state index contributed by atoms with van der Waals surface area (Å²) in [5.74, 6) is 0.423. The first-order chi connectivity index (χ1) is 19.1. The largest absolute Gasteiger partial charge is 0.467 e. The Morgan fingerprint density at radius 2 is 1.82 bits per heavy atom. The molecule has 0 atom stereocenters. The van der Waals surface area contributed by atoms with Crippen molar-refractivity contribution >= 4 is 34.5 Å². The molecule has 202 valence electrons. The van der Waals surface area contributed by atoms with Crippen LogP contribution < -0.4 is 16.2 Å². The normalized spacial score (nSPS) is 13.8. The second-order valence-electron chi connectivity index (χ2n) is 9.73. The lowest BCUT2D eigenvalue weighted by atomic mass is 9.95. The third kappa shape index (κ3) is 6.78. The molecule has 0 aliphatic heterocycles. The van der Waals surface area contributed by atoms with E-state index >= 15 is 0 Å². The molecule has 0 unspecified atom stereocenters. The number of amides is 2. The van der Waals surface area contributed by atoms with Crippen LogP contribution in [0.5, 0.6) is 0 Å². The van der Waals surface area contributed by atoms with E-state index < -0.39 is 0 Å². The summed E-state index contributed by atoms with van der Waals surface area (Å²) < 4.78 is 7.06. The summed E-state index contributed by atoms with van der Waals surface area (Å²) in [5.41, 5.74) is 1.90. The van der Waals surface area contributed by atoms with Crippen molar-refractivity contribution in [3.8, 4) is 0 Å². The fraction of sp³-hybridized carbons (Fsp3) is 0.333. The first-order valence-corrected chi connectivity index (χ1v) is 14.4. The van der Waals surface area contributed by atoms with Gasteiger partial charge in [0.15, 0.2) is 5.16 Å². The summed E-state index contributed by atoms with van der Waals surface area (Å²) in [6.45, 7) is 0.807. The summed E-state index contributed by atoms with van der Waals surface area (Å²) in [7, 11) is 0. The summed E-state index contributed by atoms with van der Waals surface area (Å²) in [6, 6.07) is 18.6. The van der Waals surface area contributed by atoms with Crippen LogP contribution in [0.25, 0.3) is 10.9 Å². The minimum Gasteiger partial charge on any atom is -0.467 e. The van der Waals surface area contributed by atoms with E-state index in [1.165, 1.54) is 11.8 Å². The van der Waals surface area contributed by atoms with Crippen molar-refractivity contribution in [3.63, 3.8) is 0 Å². The van der Waals surface area contributed by atoms with Crippen molar-refractivity contribution in [1.29, 1.82) is 0 Å². The molecule has 39 heavy (non-hydrogen) atoms. The smallest absolute Gasteiger partial charge is 0.262 e. The van der Waals surface area contributed by atoms with Crippen LogP contribution in [0.1, 0.15) is 59.8 Å². The maximum Gasteiger partial charge on any atom is 0.262 e. The monoisotopic (exact) mass is 544 g/mol. The third-order valence-electron chi connectivity index (χ3n) is 6.99. The molecule has 2 amide bonds. The number of nitrogens with one attached hydrogen (secondary N) is 2. The Hall–Kier alpha value is -3.85. The number of nitrogens with zero attached hydrogens (tertiary/aromatic N) is 2. The van der Waals surface area contributed by atoms with E-state index in [0.29, 0.717) is 33.9 Å². The Morgan fingerprint density at radius 1 is 1.00 bits per heavy atom.